The lowest BCUT2D eigenvalue weighted by molar-refractivity contribution is 0.0696. The lowest BCUT2D eigenvalue weighted by Gasteiger charge is -2.18. The van der Waals surface area contributed by atoms with E-state index in [4.69, 9.17) is 21.4 Å². The number of carboxylic acid groups (broad SMARTS) is 1. The van der Waals surface area contributed by atoms with Gasteiger partial charge in [-0.05, 0) is 30.7 Å². The Morgan fingerprint density at radius 2 is 2.17 bits per heavy atom. The molecule has 1 aromatic heterocycles. The highest BCUT2D eigenvalue weighted by molar-refractivity contribution is 6.76. The van der Waals surface area contributed by atoms with Crippen LogP contribution in [0.25, 0.3) is 0 Å². The van der Waals surface area contributed by atoms with Crippen LogP contribution in [0.2, 0.25) is 24.8 Å². The SMILES string of the molecule is C[Si](C)(C)COC1=CCCN(c2ccc(C(=O)O)c(Cl)n2)C=C1. The van der Waals surface area contributed by atoms with Crippen LogP contribution in [0.3, 0.4) is 0 Å². The Labute approximate surface area is 142 Å². The third-order valence-corrected chi connectivity index (χ3v) is 4.46. The highest BCUT2D eigenvalue weighted by Crippen LogP contribution is 2.22. The van der Waals surface area contributed by atoms with E-state index in [1.807, 2.05) is 17.2 Å². The van der Waals surface area contributed by atoms with E-state index >= 15 is 0 Å². The molecule has 0 fully saturated rings. The van der Waals surface area contributed by atoms with E-state index in [0.717, 1.165) is 25.0 Å². The molecule has 0 aromatic carbocycles. The number of rotatable bonds is 5. The van der Waals surface area contributed by atoms with Crippen LogP contribution in [-0.4, -0.2) is 36.9 Å². The number of halogens is 1. The van der Waals surface area contributed by atoms with Crippen molar-refractivity contribution in [1.29, 1.82) is 0 Å². The van der Waals surface area contributed by atoms with Crippen molar-refractivity contribution >= 4 is 31.5 Å². The van der Waals surface area contributed by atoms with E-state index in [2.05, 4.69) is 30.7 Å². The summed E-state index contributed by atoms with van der Waals surface area (Å²) in [6, 6.07) is 3.13. The number of nitrogens with zero attached hydrogens (tertiary/aromatic N) is 2. The summed E-state index contributed by atoms with van der Waals surface area (Å²) in [6.07, 6.45) is 7.45. The van der Waals surface area contributed by atoms with Crippen LogP contribution in [0, 0.1) is 0 Å². The van der Waals surface area contributed by atoms with Gasteiger partial charge in [-0.15, -0.1) is 0 Å². The Morgan fingerprint density at radius 1 is 1.43 bits per heavy atom. The number of ether oxygens (including phenoxy) is 1. The maximum Gasteiger partial charge on any atom is 0.338 e. The van der Waals surface area contributed by atoms with E-state index < -0.39 is 14.0 Å². The smallest absolute Gasteiger partial charge is 0.338 e. The van der Waals surface area contributed by atoms with Gasteiger partial charge in [0.05, 0.1) is 19.9 Å². The molecule has 124 valence electrons. The number of aromatic carboxylic acids is 1. The summed E-state index contributed by atoms with van der Waals surface area (Å²) in [6.45, 7) is 7.51. The van der Waals surface area contributed by atoms with E-state index in [1.54, 1.807) is 6.07 Å². The summed E-state index contributed by atoms with van der Waals surface area (Å²) in [5, 5.41) is 8.99. The van der Waals surface area contributed by atoms with Crippen molar-refractivity contribution in [2.45, 2.75) is 26.1 Å². The first-order valence-corrected chi connectivity index (χ1v) is 11.5. The van der Waals surface area contributed by atoms with Gasteiger partial charge < -0.3 is 14.7 Å². The molecule has 0 spiro atoms. The molecule has 0 amide bonds. The van der Waals surface area contributed by atoms with Crippen molar-refractivity contribution in [3.8, 4) is 0 Å². The third-order valence-electron chi connectivity index (χ3n) is 3.16. The van der Waals surface area contributed by atoms with Crippen LogP contribution < -0.4 is 4.90 Å². The van der Waals surface area contributed by atoms with Crippen molar-refractivity contribution in [1.82, 2.24) is 4.98 Å². The molecule has 1 aliphatic rings. The summed E-state index contributed by atoms with van der Waals surface area (Å²) in [4.78, 5) is 17.1. The van der Waals surface area contributed by atoms with Crippen LogP contribution in [0.15, 0.2) is 36.2 Å². The van der Waals surface area contributed by atoms with Gasteiger partial charge in [-0.25, -0.2) is 9.78 Å². The summed E-state index contributed by atoms with van der Waals surface area (Å²) < 4.78 is 5.87. The lowest BCUT2D eigenvalue weighted by atomic mass is 10.3. The third kappa shape index (κ3) is 5.11. The minimum Gasteiger partial charge on any atom is -0.497 e. The van der Waals surface area contributed by atoms with Gasteiger partial charge >= 0.3 is 5.97 Å². The predicted octanol–water partition coefficient (Wildman–Crippen LogP) is 3.93. The number of pyridine rings is 1. The Kier molecular flexibility index (Phi) is 5.49. The predicted molar refractivity (Wildman–Crippen MR) is 94.7 cm³/mol. The average molecular weight is 353 g/mol. The summed E-state index contributed by atoms with van der Waals surface area (Å²) in [5.74, 6) is 0.406. The van der Waals surface area contributed by atoms with Crippen molar-refractivity contribution in [3.05, 3.63) is 47.0 Å². The summed E-state index contributed by atoms with van der Waals surface area (Å²) in [5.41, 5.74) is 0.00602. The van der Waals surface area contributed by atoms with Gasteiger partial charge in [0.15, 0.2) is 0 Å². The number of anilines is 1. The Morgan fingerprint density at radius 3 is 2.78 bits per heavy atom. The highest BCUT2D eigenvalue weighted by Gasteiger charge is 2.16. The monoisotopic (exact) mass is 352 g/mol. The van der Waals surface area contributed by atoms with Crippen LogP contribution >= 0.6 is 11.6 Å². The molecule has 0 bridgehead atoms. The molecule has 0 radical (unpaired) electrons. The fourth-order valence-corrected chi connectivity index (χ4v) is 2.82. The van der Waals surface area contributed by atoms with Crippen molar-refractivity contribution in [3.63, 3.8) is 0 Å². The Bertz CT molecular complexity index is 653. The first-order valence-electron chi connectivity index (χ1n) is 7.44. The van der Waals surface area contributed by atoms with Gasteiger partial charge in [0.1, 0.15) is 16.7 Å². The second-order valence-corrected chi connectivity index (χ2v) is 12.3. The van der Waals surface area contributed by atoms with Gasteiger partial charge in [-0.1, -0.05) is 31.2 Å². The zero-order valence-corrected chi connectivity index (χ0v) is 15.3. The minimum absolute atomic E-state index is 0.00388. The number of carboxylic acids is 1. The van der Waals surface area contributed by atoms with Crippen LogP contribution in [0.5, 0.6) is 0 Å². The topological polar surface area (TPSA) is 62.7 Å². The molecule has 0 saturated heterocycles. The zero-order valence-electron chi connectivity index (χ0n) is 13.5. The fraction of sp³-hybridized carbons (Fsp3) is 0.375. The Hall–Kier alpha value is -1.79. The summed E-state index contributed by atoms with van der Waals surface area (Å²) >= 11 is 5.94. The fourth-order valence-electron chi connectivity index (χ4n) is 1.99. The number of hydrogen-bond acceptors (Lipinski definition) is 4. The van der Waals surface area contributed by atoms with Crippen LogP contribution in [0.4, 0.5) is 5.82 Å². The second-order valence-electron chi connectivity index (χ2n) is 6.57. The van der Waals surface area contributed by atoms with E-state index in [0.29, 0.717) is 5.82 Å². The Balaban J connectivity index is 2.09. The standard InChI is InChI=1S/C16H21ClN2O3Si/c1-23(2,3)11-22-12-5-4-9-19(10-8-12)14-7-6-13(16(20)21)15(17)18-14/h5-8,10H,4,9,11H2,1-3H3,(H,20,21). The molecule has 0 aliphatic carbocycles. The van der Waals surface area contributed by atoms with E-state index in [9.17, 15) is 4.79 Å². The van der Waals surface area contributed by atoms with Gasteiger partial charge in [0.2, 0.25) is 0 Å². The van der Waals surface area contributed by atoms with Gasteiger partial charge in [0, 0.05) is 12.7 Å². The van der Waals surface area contributed by atoms with Crippen molar-refractivity contribution in [2.24, 2.45) is 0 Å². The quantitative estimate of drug-likeness (QED) is 0.642. The molecule has 0 atom stereocenters. The summed E-state index contributed by atoms with van der Waals surface area (Å²) in [7, 11) is -1.26. The average Bonchev–Trinajstić information content (AvgIpc) is 2.69. The molecule has 1 aliphatic heterocycles. The number of aromatic nitrogens is 1. The first-order chi connectivity index (χ1) is 10.8. The normalized spacial score (nSPS) is 15.1. The van der Waals surface area contributed by atoms with Crippen LogP contribution in [0.1, 0.15) is 16.8 Å². The second kappa shape index (κ2) is 7.19. The minimum atomic E-state index is -1.26. The van der Waals surface area contributed by atoms with Crippen molar-refractivity contribution < 1.29 is 14.6 Å². The first kappa shape index (κ1) is 17.6. The maximum atomic E-state index is 11.0. The molecule has 1 aromatic rings. The zero-order chi connectivity index (χ0) is 17.0. The van der Waals surface area contributed by atoms with Crippen LogP contribution in [-0.2, 0) is 4.74 Å². The number of carbonyl (C=O) groups is 1. The number of allylic oxidation sites excluding steroid dienone is 1. The lowest BCUT2D eigenvalue weighted by Crippen LogP contribution is -2.27. The molecule has 2 rings (SSSR count). The largest absolute Gasteiger partial charge is 0.497 e. The van der Waals surface area contributed by atoms with E-state index in [1.165, 1.54) is 6.07 Å². The molecule has 1 N–H and O–H groups in total. The van der Waals surface area contributed by atoms with Gasteiger partial charge in [-0.2, -0.15) is 0 Å². The number of hydrogen-bond donors (Lipinski definition) is 1. The van der Waals surface area contributed by atoms with Gasteiger partial charge in [-0.3, -0.25) is 0 Å². The van der Waals surface area contributed by atoms with Gasteiger partial charge in [0.25, 0.3) is 0 Å². The molecule has 7 heteroatoms. The van der Waals surface area contributed by atoms with Crippen molar-refractivity contribution in [2.75, 3.05) is 17.7 Å². The molecule has 2 heterocycles. The maximum absolute atomic E-state index is 11.0. The molecule has 0 saturated carbocycles. The molecular formula is C16H21ClN2O3Si. The molecule has 5 nitrogen and oxygen atoms in total. The highest BCUT2D eigenvalue weighted by atomic mass is 35.5. The molecular weight excluding hydrogens is 332 g/mol. The molecule has 23 heavy (non-hydrogen) atoms. The molecule has 0 unspecified atom stereocenters. The van der Waals surface area contributed by atoms with E-state index in [-0.39, 0.29) is 10.7 Å².